The molecule has 0 bridgehead atoms. The van der Waals surface area contributed by atoms with E-state index in [4.69, 9.17) is 10.00 Å². The number of benzene rings is 1. The number of imide groups is 1. The minimum absolute atomic E-state index is 0.144. The fraction of sp³-hybridized carbons (Fsp3) is 0.438. The van der Waals surface area contributed by atoms with Crippen LogP contribution >= 0.6 is 0 Å². The molecule has 0 saturated heterocycles. The maximum absolute atomic E-state index is 12.6. The first-order valence-corrected chi connectivity index (χ1v) is 7.39. The van der Waals surface area contributed by atoms with E-state index in [1.165, 1.54) is 6.19 Å². The summed E-state index contributed by atoms with van der Waals surface area (Å²) in [7, 11) is 1.10. The highest BCUT2D eigenvalue weighted by molar-refractivity contribution is 5.91. The lowest BCUT2D eigenvalue weighted by Gasteiger charge is -2.24. The smallest absolute Gasteiger partial charge is 0.418 e. The maximum Gasteiger partial charge on any atom is 0.418 e. The molecule has 25 heavy (non-hydrogen) atoms. The second-order valence-corrected chi connectivity index (χ2v) is 5.36. The number of amides is 3. The van der Waals surface area contributed by atoms with Gasteiger partial charge in [0.1, 0.15) is 6.61 Å². The Labute approximate surface area is 143 Å². The lowest BCUT2D eigenvalue weighted by molar-refractivity contribution is -0.171. The lowest BCUT2D eigenvalue weighted by Crippen LogP contribution is -2.44. The van der Waals surface area contributed by atoms with Crippen LogP contribution in [-0.4, -0.2) is 41.7 Å². The van der Waals surface area contributed by atoms with Crippen molar-refractivity contribution in [1.82, 2.24) is 9.80 Å². The molecule has 1 rings (SSSR count). The molecule has 0 saturated carbocycles. The molecule has 3 amide bonds. The fourth-order valence-corrected chi connectivity index (χ4v) is 1.77. The van der Waals surface area contributed by atoms with Crippen molar-refractivity contribution in [2.45, 2.75) is 26.1 Å². The van der Waals surface area contributed by atoms with Gasteiger partial charge in [0.05, 0.1) is 5.92 Å². The second-order valence-electron chi connectivity index (χ2n) is 5.36. The van der Waals surface area contributed by atoms with Gasteiger partial charge in [-0.3, -0.25) is 0 Å². The third-order valence-electron chi connectivity index (χ3n) is 3.44. The lowest BCUT2D eigenvalue weighted by atomic mass is 10.1. The van der Waals surface area contributed by atoms with Crippen molar-refractivity contribution in [1.29, 1.82) is 5.26 Å². The Hall–Kier alpha value is -2.76. The number of ether oxygens (including phenoxy) is 1. The highest BCUT2D eigenvalue weighted by Crippen LogP contribution is 2.28. The molecule has 136 valence electrons. The Morgan fingerprint density at radius 3 is 2.40 bits per heavy atom. The van der Waals surface area contributed by atoms with Crippen LogP contribution in [0.15, 0.2) is 30.3 Å². The third-order valence-corrected chi connectivity index (χ3v) is 3.44. The zero-order valence-corrected chi connectivity index (χ0v) is 13.8. The molecule has 1 atom stereocenters. The zero-order chi connectivity index (χ0) is 19.0. The van der Waals surface area contributed by atoms with Crippen LogP contribution in [0.4, 0.5) is 22.8 Å². The summed E-state index contributed by atoms with van der Waals surface area (Å²) in [6.45, 7) is 0.291. The highest BCUT2D eigenvalue weighted by atomic mass is 19.4. The molecule has 1 aromatic rings. The van der Waals surface area contributed by atoms with Gasteiger partial charge in [-0.25, -0.2) is 19.4 Å². The first-order chi connectivity index (χ1) is 11.7. The van der Waals surface area contributed by atoms with Gasteiger partial charge in [-0.2, -0.15) is 18.4 Å². The van der Waals surface area contributed by atoms with Gasteiger partial charge >= 0.3 is 18.3 Å². The number of urea groups is 1. The van der Waals surface area contributed by atoms with Crippen LogP contribution in [0.25, 0.3) is 0 Å². The van der Waals surface area contributed by atoms with Gasteiger partial charge in [-0.05, 0) is 12.0 Å². The van der Waals surface area contributed by atoms with Crippen LogP contribution in [0.1, 0.15) is 18.9 Å². The summed E-state index contributed by atoms with van der Waals surface area (Å²) in [5.41, 5.74) is 0.653. The summed E-state index contributed by atoms with van der Waals surface area (Å²) >= 11 is 0. The molecule has 1 aromatic carbocycles. The van der Waals surface area contributed by atoms with E-state index in [0.717, 1.165) is 14.0 Å². The number of carbonyl (C=O) groups excluding carboxylic acids is 2. The molecule has 0 N–H and O–H groups in total. The van der Waals surface area contributed by atoms with Gasteiger partial charge in [-0.15, -0.1) is 0 Å². The predicted octanol–water partition coefficient (Wildman–Crippen LogP) is 3.75. The maximum atomic E-state index is 12.6. The van der Waals surface area contributed by atoms with Gasteiger partial charge < -0.3 is 4.74 Å². The standard InChI is InChI=1S/C16H18F3N3O3/c1-12(16(17,18)19)8-9-22(14(23)21(2)11-20)15(24)25-10-13-6-4-3-5-7-13/h3-7,12H,8-10H2,1-2H3. The van der Waals surface area contributed by atoms with Crippen molar-refractivity contribution in [3.8, 4) is 6.19 Å². The Morgan fingerprint density at radius 2 is 1.88 bits per heavy atom. The predicted molar refractivity (Wildman–Crippen MR) is 81.9 cm³/mol. The molecule has 0 radical (unpaired) electrons. The van der Waals surface area contributed by atoms with Gasteiger partial charge in [0, 0.05) is 13.6 Å². The SMILES string of the molecule is CC(CCN(C(=O)OCc1ccccc1)C(=O)N(C)C#N)C(F)(F)F. The van der Waals surface area contributed by atoms with Crippen molar-refractivity contribution >= 4 is 12.1 Å². The van der Waals surface area contributed by atoms with Gasteiger partial charge in [0.2, 0.25) is 0 Å². The molecule has 0 aromatic heterocycles. The number of hydrogen-bond donors (Lipinski definition) is 0. The average molecular weight is 357 g/mol. The van der Waals surface area contributed by atoms with Gasteiger partial charge in [0.25, 0.3) is 0 Å². The van der Waals surface area contributed by atoms with E-state index in [1.807, 2.05) is 0 Å². The first-order valence-electron chi connectivity index (χ1n) is 7.39. The molecule has 0 fully saturated rings. The number of nitrogens with zero attached hydrogens (tertiary/aromatic N) is 3. The number of hydrogen-bond acceptors (Lipinski definition) is 4. The Kier molecular flexibility index (Phi) is 7.23. The summed E-state index contributed by atoms with van der Waals surface area (Å²) in [5.74, 6) is -1.71. The number of carbonyl (C=O) groups is 2. The van der Waals surface area contributed by atoms with Crippen LogP contribution in [0, 0.1) is 17.4 Å². The van der Waals surface area contributed by atoms with Crippen molar-refractivity contribution in [3.05, 3.63) is 35.9 Å². The van der Waals surface area contributed by atoms with Crippen LogP contribution < -0.4 is 0 Å². The number of nitriles is 1. The van der Waals surface area contributed by atoms with Crippen molar-refractivity contribution in [2.75, 3.05) is 13.6 Å². The molecule has 1 unspecified atom stereocenters. The minimum atomic E-state index is -4.44. The topological polar surface area (TPSA) is 73.6 Å². The zero-order valence-electron chi connectivity index (χ0n) is 13.8. The third kappa shape index (κ3) is 6.33. The highest BCUT2D eigenvalue weighted by Gasteiger charge is 2.37. The largest absolute Gasteiger partial charge is 0.444 e. The quantitative estimate of drug-likeness (QED) is 0.594. The van der Waals surface area contributed by atoms with Gasteiger partial charge in [-0.1, -0.05) is 37.3 Å². The minimum Gasteiger partial charge on any atom is -0.444 e. The molecule has 9 heteroatoms. The monoisotopic (exact) mass is 357 g/mol. The van der Waals surface area contributed by atoms with Gasteiger partial charge in [0.15, 0.2) is 6.19 Å². The summed E-state index contributed by atoms with van der Waals surface area (Å²) in [6, 6.07) is 7.54. The number of rotatable bonds is 5. The van der Waals surface area contributed by atoms with E-state index in [0.29, 0.717) is 15.4 Å². The van der Waals surface area contributed by atoms with Crippen LogP contribution in [0.3, 0.4) is 0 Å². The first kappa shape index (κ1) is 20.3. The normalized spacial score (nSPS) is 12.0. The Bertz CT molecular complexity index is 629. The molecular formula is C16H18F3N3O3. The molecule has 0 aliphatic carbocycles. The molecule has 0 aliphatic heterocycles. The second kappa shape index (κ2) is 8.92. The van der Waals surface area contributed by atoms with E-state index >= 15 is 0 Å². The van der Waals surface area contributed by atoms with E-state index in [2.05, 4.69) is 0 Å². The van der Waals surface area contributed by atoms with Crippen molar-refractivity contribution < 1.29 is 27.5 Å². The van der Waals surface area contributed by atoms with E-state index in [-0.39, 0.29) is 6.61 Å². The summed E-state index contributed by atoms with van der Waals surface area (Å²) < 4.78 is 42.8. The molecule has 0 heterocycles. The Morgan fingerprint density at radius 1 is 1.28 bits per heavy atom. The summed E-state index contributed by atoms with van der Waals surface area (Å²) in [6.07, 6.45) is -4.53. The van der Waals surface area contributed by atoms with E-state index in [1.54, 1.807) is 30.3 Å². The van der Waals surface area contributed by atoms with Crippen LogP contribution in [0.2, 0.25) is 0 Å². The molecule has 0 spiro atoms. The van der Waals surface area contributed by atoms with Crippen molar-refractivity contribution in [3.63, 3.8) is 0 Å². The number of halogens is 3. The summed E-state index contributed by atoms with van der Waals surface area (Å²) in [5, 5.41) is 8.75. The van der Waals surface area contributed by atoms with Crippen LogP contribution in [0.5, 0.6) is 0 Å². The summed E-state index contributed by atoms with van der Waals surface area (Å²) in [4.78, 5) is 25.2. The van der Waals surface area contributed by atoms with Crippen molar-refractivity contribution in [2.24, 2.45) is 5.92 Å². The Balaban J connectivity index is 2.77. The van der Waals surface area contributed by atoms with Crippen LogP contribution in [-0.2, 0) is 11.3 Å². The molecular weight excluding hydrogens is 339 g/mol. The molecule has 0 aliphatic rings. The van der Waals surface area contributed by atoms with E-state index in [9.17, 15) is 22.8 Å². The fourth-order valence-electron chi connectivity index (χ4n) is 1.77. The average Bonchev–Trinajstić information content (AvgIpc) is 2.58. The number of alkyl halides is 3. The van der Waals surface area contributed by atoms with E-state index < -0.39 is 37.2 Å². The molecule has 6 nitrogen and oxygen atoms in total.